The molecule has 11 atom stereocenters. The molecule has 4 saturated carbocycles. The summed E-state index contributed by atoms with van der Waals surface area (Å²) in [5.74, 6) is 0.984. The van der Waals surface area contributed by atoms with Crippen LogP contribution in [0.15, 0.2) is 60.7 Å². The quantitative estimate of drug-likeness (QED) is 0.0496. The average Bonchev–Trinajstić information content (AvgIpc) is 3.70. The van der Waals surface area contributed by atoms with E-state index in [9.17, 15) is 19.2 Å². The fraction of sp³-hybridized carbons (Fsp3) is 0.733. The molecule has 4 fully saturated rings. The highest BCUT2D eigenvalue weighted by Gasteiger charge is 2.66. The maximum Gasteiger partial charge on any atom is 0.319 e. The first kappa shape index (κ1) is 55.2. The van der Waals surface area contributed by atoms with E-state index in [1.807, 2.05) is 60.7 Å². The van der Waals surface area contributed by atoms with E-state index in [1.54, 1.807) is 0 Å². The second-order valence-corrected chi connectivity index (χ2v) is 22.9. The highest BCUT2D eigenvalue weighted by atomic mass is 16.5. The van der Waals surface area contributed by atoms with E-state index in [0.29, 0.717) is 13.0 Å². The van der Waals surface area contributed by atoms with Gasteiger partial charge in [-0.1, -0.05) is 173 Å². The number of ether oxygens (including phenoxy) is 2. The Bertz CT molecular complexity index is 1880. The molecule has 0 saturated heterocycles. The molecule has 0 aliphatic heterocycles. The lowest BCUT2D eigenvalue weighted by Gasteiger charge is -2.65. The van der Waals surface area contributed by atoms with Crippen LogP contribution in [0.4, 0.5) is 21.0 Å². The molecule has 10 nitrogen and oxygen atoms in total. The van der Waals surface area contributed by atoms with Crippen LogP contribution in [0.25, 0.3) is 0 Å². The summed E-state index contributed by atoms with van der Waals surface area (Å²) in [6, 6.07) is 18.6. The Labute approximate surface area is 423 Å². The zero-order valence-corrected chi connectivity index (χ0v) is 44.2. The summed E-state index contributed by atoms with van der Waals surface area (Å²) in [4.78, 5) is 53.4. The van der Waals surface area contributed by atoms with Gasteiger partial charge in [-0.05, 0) is 128 Å². The Morgan fingerprint density at radius 3 is 1.71 bits per heavy atom. The van der Waals surface area contributed by atoms with Gasteiger partial charge in [-0.25, -0.2) is 9.59 Å². The molecule has 6 rings (SSSR count). The smallest absolute Gasteiger partial charge is 0.319 e. The SMILES string of the molecule is CCCCCCCCCCCCCCCCCCCCOC(=O)CC[C@@H](C)[C@H]1CC[C@H]2[C@@H]3[C@H](NC(=O)Nc4ccccc4)C[C@@H]4C[C@H](OC(C)=O)CC[C@]4(C)[C@H]3C[C@H](NC(=O)Nc3ccccc3)[C@]12C. The van der Waals surface area contributed by atoms with Gasteiger partial charge in [0.05, 0.1) is 6.61 Å². The van der Waals surface area contributed by atoms with Crippen molar-refractivity contribution in [3.8, 4) is 0 Å². The van der Waals surface area contributed by atoms with Gasteiger partial charge in [0.1, 0.15) is 6.10 Å². The van der Waals surface area contributed by atoms with Crippen LogP contribution in [0.5, 0.6) is 0 Å². The Morgan fingerprint density at radius 2 is 1.17 bits per heavy atom. The summed E-state index contributed by atoms with van der Waals surface area (Å²) in [7, 11) is 0. The summed E-state index contributed by atoms with van der Waals surface area (Å²) in [5.41, 5.74) is 1.14. The number of fused-ring (bicyclic) bond motifs is 5. The van der Waals surface area contributed by atoms with Crippen LogP contribution in [0.2, 0.25) is 0 Å². The molecular formula is C60H94N4O6. The fourth-order valence-corrected chi connectivity index (χ4v) is 14.4. The van der Waals surface area contributed by atoms with Gasteiger partial charge in [-0.2, -0.15) is 0 Å². The van der Waals surface area contributed by atoms with Crippen molar-refractivity contribution >= 4 is 35.4 Å². The predicted octanol–water partition coefficient (Wildman–Crippen LogP) is 15.2. The van der Waals surface area contributed by atoms with E-state index in [-0.39, 0.29) is 88.5 Å². The van der Waals surface area contributed by atoms with Gasteiger partial charge < -0.3 is 30.7 Å². The minimum absolute atomic E-state index is 0.0635. The largest absolute Gasteiger partial charge is 0.466 e. The van der Waals surface area contributed by atoms with Gasteiger partial charge in [0, 0.05) is 36.8 Å². The Kier molecular flexibility index (Phi) is 22.3. The molecule has 0 aromatic heterocycles. The monoisotopic (exact) mass is 967 g/mol. The topological polar surface area (TPSA) is 135 Å². The molecule has 4 aliphatic rings. The summed E-state index contributed by atoms with van der Waals surface area (Å²) in [6.07, 6.45) is 31.0. The first-order valence-corrected chi connectivity index (χ1v) is 28.5. The standard InChI is InChI=1S/C60H94N4O6/c1-6-7-8-9-10-11-12-13-14-15-16-17-18-19-20-21-22-29-40-69-55(66)37-34-44(2)50-35-36-51-56-52(43-54(60(50,51)5)64-58(68)62-48-32-27-24-28-33-48)59(4)39-38-49(70-45(3)65)41-46(59)42-53(56)63-57(67)61-47-30-25-23-26-31-47/h23-28,30-33,44,46,49-54,56H,6-22,29,34-43H2,1-5H3,(H2,61,63,67)(H2,62,64,68)/t44-,46+,49-,50-,51+,52+,53-,54+,56+,59+,60-/m1/s1. The predicted molar refractivity (Wildman–Crippen MR) is 284 cm³/mol. The van der Waals surface area contributed by atoms with E-state index < -0.39 is 0 Å². The lowest BCUT2D eigenvalue weighted by Crippen LogP contribution is -2.67. The fourth-order valence-electron chi connectivity index (χ4n) is 14.4. The minimum Gasteiger partial charge on any atom is -0.466 e. The molecule has 0 unspecified atom stereocenters. The molecule has 4 aliphatic carbocycles. The number of anilines is 2. The van der Waals surface area contributed by atoms with Crippen molar-refractivity contribution in [3.63, 3.8) is 0 Å². The van der Waals surface area contributed by atoms with Crippen LogP contribution >= 0.6 is 0 Å². The van der Waals surface area contributed by atoms with E-state index in [1.165, 1.54) is 110 Å². The summed E-state index contributed by atoms with van der Waals surface area (Å²) >= 11 is 0. The van der Waals surface area contributed by atoms with Crippen molar-refractivity contribution in [2.24, 2.45) is 46.3 Å². The van der Waals surface area contributed by atoms with Crippen LogP contribution in [0.1, 0.15) is 208 Å². The third-order valence-corrected chi connectivity index (χ3v) is 18.2. The highest BCUT2D eigenvalue weighted by Crippen LogP contribution is 2.68. The van der Waals surface area contributed by atoms with Crippen LogP contribution in [-0.4, -0.2) is 48.8 Å². The number of amides is 4. The maximum absolute atomic E-state index is 14.1. The van der Waals surface area contributed by atoms with Gasteiger partial charge in [0.25, 0.3) is 0 Å². The number of urea groups is 2. The van der Waals surface area contributed by atoms with E-state index in [4.69, 9.17) is 9.47 Å². The third kappa shape index (κ3) is 15.7. The number of carbonyl (C=O) groups is 4. The summed E-state index contributed by atoms with van der Waals surface area (Å²) in [5, 5.41) is 13.3. The zero-order valence-electron chi connectivity index (χ0n) is 44.2. The van der Waals surface area contributed by atoms with Crippen LogP contribution in [0, 0.1) is 46.3 Å². The normalized spacial score (nSPS) is 28.3. The number of carbonyl (C=O) groups excluding carboxylic acids is 4. The lowest BCUT2D eigenvalue weighted by atomic mass is 9.42. The number of rotatable bonds is 28. The van der Waals surface area contributed by atoms with Crippen LogP contribution in [-0.2, 0) is 19.1 Å². The lowest BCUT2D eigenvalue weighted by molar-refractivity contribution is -0.167. The zero-order chi connectivity index (χ0) is 49.8. The van der Waals surface area contributed by atoms with Gasteiger partial charge >= 0.3 is 24.0 Å². The minimum atomic E-state index is -0.292. The Morgan fingerprint density at radius 1 is 0.643 bits per heavy atom. The Hall–Kier alpha value is -4.08. The third-order valence-electron chi connectivity index (χ3n) is 18.2. The van der Waals surface area contributed by atoms with Gasteiger partial charge in [0.2, 0.25) is 0 Å². The van der Waals surface area contributed by atoms with E-state index >= 15 is 0 Å². The number of unbranched alkanes of at least 4 members (excludes halogenated alkanes) is 17. The molecular weight excluding hydrogens is 873 g/mol. The molecule has 0 spiro atoms. The summed E-state index contributed by atoms with van der Waals surface area (Å²) < 4.78 is 11.7. The number of esters is 2. The molecule has 390 valence electrons. The number of hydrogen-bond donors (Lipinski definition) is 4. The molecule has 70 heavy (non-hydrogen) atoms. The molecule has 10 heteroatoms. The van der Waals surface area contributed by atoms with Crippen molar-refractivity contribution < 1.29 is 28.7 Å². The molecule has 4 N–H and O–H groups in total. The van der Waals surface area contributed by atoms with E-state index in [2.05, 4.69) is 49.0 Å². The number of benzene rings is 2. The summed E-state index contributed by atoms with van der Waals surface area (Å²) in [6.45, 7) is 11.4. The molecule has 0 bridgehead atoms. The average molecular weight is 967 g/mol. The van der Waals surface area contributed by atoms with Crippen molar-refractivity contribution in [1.82, 2.24) is 10.6 Å². The first-order valence-electron chi connectivity index (χ1n) is 28.5. The molecule has 0 heterocycles. The molecule has 2 aromatic rings. The second-order valence-electron chi connectivity index (χ2n) is 22.9. The van der Waals surface area contributed by atoms with Crippen molar-refractivity contribution in [2.45, 2.75) is 226 Å². The van der Waals surface area contributed by atoms with Crippen molar-refractivity contribution in [1.29, 1.82) is 0 Å². The number of nitrogens with one attached hydrogen (secondary N) is 4. The van der Waals surface area contributed by atoms with Gasteiger partial charge in [-0.15, -0.1) is 0 Å². The van der Waals surface area contributed by atoms with Crippen molar-refractivity contribution in [2.75, 3.05) is 17.2 Å². The van der Waals surface area contributed by atoms with Gasteiger partial charge in [-0.3, -0.25) is 9.59 Å². The number of para-hydroxylation sites is 2. The van der Waals surface area contributed by atoms with E-state index in [0.717, 1.165) is 75.6 Å². The van der Waals surface area contributed by atoms with Crippen LogP contribution < -0.4 is 21.3 Å². The molecule has 4 amide bonds. The maximum atomic E-state index is 14.1. The molecule has 0 radical (unpaired) electrons. The number of hydrogen-bond acceptors (Lipinski definition) is 6. The first-order chi connectivity index (χ1) is 33.9. The van der Waals surface area contributed by atoms with Gasteiger partial charge in [0.15, 0.2) is 0 Å². The highest BCUT2D eigenvalue weighted by molar-refractivity contribution is 5.90. The molecule has 2 aromatic carbocycles. The van der Waals surface area contributed by atoms with Crippen molar-refractivity contribution in [3.05, 3.63) is 60.7 Å². The van der Waals surface area contributed by atoms with Crippen LogP contribution in [0.3, 0.4) is 0 Å². The second kappa shape index (κ2) is 28.2. The Balaban J connectivity index is 1.03.